The van der Waals surface area contributed by atoms with Crippen LogP contribution in [0.4, 0.5) is 0 Å². The molecule has 1 rings (SSSR count). The molecular weight excluding hydrogens is 260 g/mol. The number of hydrogen-bond acceptors (Lipinski definition) is 3. The molecule has 1 amide bonds. The Labute approximate surface area is 121 Å². The minimum absolute atomic E-state index is 0.0285. The van der Waals surface area contributed by atoms with Gasteiger partial charge in [-0.2, -0.15) is 0 Å². The van der Waals surface area contributed by atoms with E-state index >= 15 is 0 Å². The normalized spacial score (nSPS) is 19.4. The molecule has 1 saturated heterocycles. The second-order valence-corrected chi connectivity index (χ2v) is 5.73. The topological polar surface area (TPSA) is 64.3 Å². The summed E-state index contributed by atoms with van der Waals surface area (Å²) in [4.78, 5) is 12.8. The Morgan fingerprint density at radius 2 is 2.05 bits per heavy atom. The van der Waals surface area contributed by atoms with Gasteiger partial charge in [-0.3, -0.25) is 4.79 Å². The van der Waals surface area contributed by atoms with Crippen molar-refractivity contribution in [2.45, 2.75) is 58.5 Å². The third-order valence-corrected chi connectivity index (χ3v) is 4.16. The van der Waals surface area contributed by atoms with Gasteiger partial charge in [0.2, 0.25) is 5.91 Å². The zero-order chi connectivity index (χ0) is 14.3. The molecule has 5 heteroatoms. The summed E-state index contributed by atoms with van der Waals surface area (Å²) in [5.74, 6) is -0.0285. The van der Waals surface area contributed by atoms with Crippen molar-refractivity contribution in [1.29, 1.82) is 0 Å². The van der Waals surface area contributed by atoms with Crippen molar-refractivity contribution in [2.75, 3.05) is 13.2 Å². The summed E-state index contributed by atoms with van der Waals surface area (Å²) in [5, 5.41) is 2.99. The number of carbonyl (C=O) groups is 1. The number of nitrogens with two attached hydrogens (primary N) is 1. The quantitative estimate of drug-likeness (QED) is 0.671. The second-order valence-electron chi connectivity index (χ2n) is 5.29. The maximum Gasteiger partial charge on any atom is 0.233 e. The first-order valence-electron chi connectivity index (χ1n) is 7.26. The van der Waals surface area contributed by atoms with Crippen LogP contribution in [-0.2, 0) is 9.53 Å². The maximum absolute atomic E-state index is 12.5. The number of carbonyl (C=O) groups excluding carboxylic acids is 1. The number of ether oxygens (including phenoxy) is 1. The maximum atomic E-state index is 12.5. The number of amides is 1. The molecule has 19 heavy (non-hydrogen) atoms. The van der Waals surface area contributed by atoms with E-state index in [1.54, 1.807) is 0 Å². The van der Waals surface area contributed by atoms with Crippen molar-refractivity contribution in [3.8, 4) is 0 Å². The van der Waals surface area contributed by atoms with Crippen LogP contribution >= 0.6 is 12.2 Å². The lowest BCUT2D eigenvalue weighted by molar-refractivity contribution is -0.128. The van der Waals surface area contributed by atoms with Crippen LogP contribution in [0, 0.1) is 5.41 Å². The van der Waals surface area contributed by atoms with E-state index in [0.717, 1.165) is 32.3 Å². The zero-order valence-corrected chi connectivity index (χ0v) is 12.9. The highest BCUT2D eigenvalue weighted by atomic mass is 32.1. The summed E-state index contributed by atoms with van der Waals surface area (Å²) in [7, 11) is 0. The number of rotatable bonds is 8. The summed E-state index contributed by atoms with van der Waals surface area (Å²) in [6, 6.07) is 0. The molecule has 1 atom stereocenters. The standard InChI is InChI=1S/C14H26N2O2S/c1-3-7-14(8-4-2,12(15)19)13(17)16-10-11-6-5-9-18-11/h11H,3-10H2,1-2H3,(H2,15,19)(H,16,17). The molecule has 1 heterocycles. The molecule has 1 aliphatic rings. The predicted molar refractivity (Wildman–Crippen MR) is 81.0 cm³/mol. The molecular formula is C14H26N2O2S. The minimum atomic E-state index is -0.683. The Balaban J connectivity index is 2.66. The van der Waals surface area contributed by atoms with Gasteiger partial charge in [0, 0.05) is 13.2 Å². The fraction of sp³-hybridized carbons (Fsp3) is 0.857. The van der Waals surface area contributed by atoms with Crippen LogP contribution in [0.3, 0.4) is 0 Å². The van der Waals surface area contributed by atoms with Crippen molar-refractivity contribution in [1.82, 2.24) is 5.32 Å². The summed E-state index contributed by atoms with van der Waals surface area (Å²) in [6.07, 6.45) is 5.46. The minimum Gasteiger partial charge on any atom is -0.392 e. The van der Waals surface area contributed by atoms with E-state index in [0.29, 0.717) is 24.4 Å². The lowest BCUT2D eigenvalue weighted by Crippen LogP contribution is -2.50. The lowest BCUT2D eigenvalue weighted by atomic mass is 9.78. The van der Waals surface area contributed by atoms with Crippen molar-refractivity contribution in [3.05, 3.63) is 0 Å². The van der Waals surface area contributed by atoms with E-state index in [1.165, 1.54) is 0 Å². The van der Waals surface area contributed by atoms with E-state index in [4.69, 9.17) is 22.7 Å². The van der Waals surface area contributed by atoms with E-state index in [-0.39, 0.29) is 12.0 Å². The van der Waals surface area contributed by atoms with Crippen molar-refractivity contribution in [2.24, 2.45) is 11.1 Å². The Hall–Kier alpha value is -0.680. The first kappa shape index (κ1) is 16.4. The van der Waals surface area contributed by atoms with E-state index < -0.39 is 5.41 Å². The molecule has 110 valence electrons. The lowest BCUT2D eigenvalue weighted by Gasteiger charge is -2.31. The third kappa shape index (κ3) is 4.14. The van der Waals surface area contributed by atoms with E-state index in [1.807, 2.05) is 0 Å². The summed E-state index contributed by atoms with van der Waals surface area (Å²) < 4.78 is 5.52. The molecule has 0 aromatic rings. The molecule has 0 aromatic heterocycles. The van der Waals surface area contributed by atoms with Gasteiger partial charge in [-0.1, -0.05) is 38.9 Å². The van der Waals surface area contributed by atoms with Crippen LogP contribution in [0.15, 0.2) is 0 Å². The van der Waals surface area contributed by atoms with E-state index in [9.17, 15) is 4.79 Å². The smallest absolute Gasteiger partial charge is 0.233 e. The summed E-state index contributed by atoms with van der Waals surface area (Å²) in [6.45, 7) is 5.47. The fourth-order valence-corrected chi connectivity index (χ4v) is 3.04. The van der Waals surface area contributed by atoms with Crippen molar-refractivity contribution in [3.63, 3.8) is 0 Å². The highest BCUT2D eigenvalue weighted by Gasteiger charge is 2.39. The third-order valence-electron chi connectivity index (χ3n) is 3.77. The Morgan fingerprint density at radius 3 is 2.47 bits per heavy atom. The van der Waals surface area contributed by atoms with Crippen LogP contribution in [0.5, 0.6) is 0 Å². The number of thiocarbonyl (C=S) groups is 1. The van der Waals surface area contributed by atoms with Gasteiger partial charge in [-0.25, -0.2) is 0 Å². The average Bonchev–Trinajstić information content (AvgIpc) is 2.88. The number of hydrogen-bond donors (Lipinski definition) is 2. The van der Waals surface area contributed by atoms with Crippen LogP contribution in [0.1, 0.15) is 52.4 Å². The molecule has 0 bridgehead atoms. The van der Waals surface area contributed by atoms with Gasteiger partial charge in [0.1, 0.15) is 0 Å². The first-order valence-corrected chi connectivity index (χ1v) is 7.67. The van der Waals surface area contributed by atoms with Crippen LogP contribution in [0.25, 0.3) is 0 Å². The van der Waals surface area contributed by atoms with Gasteiger partial charge in [-0.15, -0.1) is 0 Å². The number of nitrogens with one attached hydrogen (secondary N) is 1. The Bertz CT molecular complexity index is 309. The summed E-state index contributed by atoms with van der Waals surface area (Å²) >= 11 is 5.17. The second kappa shape index (κ2) is 7.80. The van der Waals surface area contributed by atoms with Crippen molar-refractivity contribution < 1.29 is 9.53 Å². The van der Waals surface area contributed by atoms with Gasteiger partial charge in [0.05, 0.1) is 16.5 Å². The predicted octanol–water partition coefficient (Wildman–Crippen LogP) is 2.15. The molecule has 0 aliphatic carbocycles. The van der Waals surface area contributed by atoms with Crippen molar-refractivity contribution >= 4 is 23.1 Å². The monoisotopic (exact) mass is 286 g/mol. The largest absolute Gasteiger partial charge is 0.392 e. The molecule has 3 N–H and O–H groups in total. The molecule has 1 fully saturated rings. The van der Waals surface area contributed by atoms with Gasteiger partial charge in [-0.05, 0) is 25.7 Å². The highest BCUT2D eigenvalue weighted by Crippen LogP contribution is 2.31. The molecule has 0 saturated carbocycles. The van der Waals surface area contributed by atoms with Crippen LogP contribution in [-0.4, -0.2) is 30.2 Å². The van der Waals surface area contributed by atoms with Gasteiger partial charge >= 0.3 is 0 Å². The fourth-order valence-electron chi connectivity index (χ4n) is 2.74. The van der Waals surface area contributed by atoms with Gasteiger partial charge in [0.25, 0.3) is 0 Å². The van der Waals surface area contributed by atoms with E-state index in [2.05, 4.69) is 19.2 Å². The summed E-state index contributed by atoms with van der Waals surface area (Å²) in [5.41, 5.74) is 5.18. The van der Waals surface area contributed by atoms with Crippen LogP contribution in [0.2, 0.25) is 0 Å². The average molecular weight is 286 g/mol. The molecule has 0 spiro atoms. The zero-order valence-electron chi connectivity index (χ0n) is 12.0. The molecule has 1 aliphatic heterocycles. The molecule has 0 radical (unpaired) electrons. The molecule has 1 unspecified atom stereocenters. The van der Waals surface area contributed by atoms with Crippen LogP contribution < -0.4 is 11.1 Å². The highest BCUT2D eigenvalue weighted by molar-refractivity contribution is 7.80. The Morgan fingerprint density at radius 1 is 1.42 bits per heavy atom. The molecule has 0 aromatic carbocycles. The first-order chi connectivity index (χ1) is 9.06. The molecule has 4 nitrogen and oxygen atoms in total. The SMILES string of the molecule is CCCC(CCC)(C(=O)NCC1CCCO1)C(N)=S. The van der Waals surface area contributed by atoms with Gasteiger partial charge < -0.3 is 15.8 Å². The van der Waals surface area contributed by atoms with Gasteiger partial charge in [0.15, 0.2) is 0 Å². The Kier molecular flexibility index (Phi) is 6.72.